The van der Waals surface area contributed by atoms with Crippen LogP contribution in [0.2, 0.25) is 0 Å². The Labute approximate surface area is 140 Å². The number of rotatable bonds is 5. The third-order valence-corrected chi connectivity index (χ3v) is 6.51. The van der Waals surface area contributed by atoms with Crippen molar-refractivity contribution in [2.45, 2.75) is 13.3 Å². The third kappa shape index (κ3) is 3.30. The summed E-state index contributed by atoms with van der Waals surface area (Å²) in [5.41, 5.74) is 2.66. The average molecular weight is 319 g/mol. The molecule has 116 valence electrons. The molecule has 1 nitrogen and oxygen atoms in total. The van der Waals surface area contributed by atoms with Crippen molar-refractivity contribution in [3.05, 3.63) is 84.4 Å². The smallest absolute Gasteiger partial charge is 0.0454 e. The van der Waals surface area contributed by atoms with Gasteiger partial charge in [-0.1, -0.05) is 85.8 Å². The molecule has 1 N–H and O–H groups in total. The number of nitrogens with one attached hydrogen (secondary N) is 1. The van der Waals surface area contributed by atoms with Crippen molar-refractivity contribution < 1.29 is 0 Å². The van der Waals surface area contributed by atoms with Gasteiger partial charge in [0.2, 0.25) is 0 Å². The molecule has 3 aromatic carbocycles. The lowest BCUT2D eigenvalue weighted by atomic mass is 10.1. The van der Waals surface area contributed by atoms with Gasteiger partial charge < -0.3 is 5.32 Å². The molecule has 0 heterocycles. The van der Waals surface area contributed by atoms with E-state index >= 15 is 0 Å². The van der Waals surface area contributed by atoms with Crippen LogP contribution in [-0.4, -0.2) is 7.05 Å². The zero-order chi connectivity index (χ0) is 16.1. The highest BCUT2D eigenvalue weighted by Gasteiger charge is 2.20. The van der Waals surface area contributed by atoms with Gasteiger partial charge in [-0.05, 0) is 30.5 Å². The van der Waals surface area contributed by atoms with E-state index in [1.807, 2.05) is 7.05 Å². The van der Waals surface area contributed by atoms with Gasteiger partial charge in [0.1, 0.15) is 0 Å². The number of para-hydroxylation sites is 1. The van der Waals surface area contributed by atoms with E-state index in [-0.39, 0.29) is 0 Å². The summed E-state index contributed by atoms with van der Waals surface area (Å²) < 4.78 is 0. The molecule has 0 unspecified atom stereocenters. The first-order chi connectivity index (χ1) is 11.3. The maximum atomic E-state index is 3.45. The molecule has 3 rings (SSSR count). The van der Waals surface area contributed by atoms with E-state index < -0.39 is 7.92 Å². The Morgan fingerprint density at radius 1 is 0.739 bits per heavy atom. The lowest BCUT2D eigenvalue weighted by Crippen LogP contribution is -2.23. The highest BCUT2D eigenvalue weighted by atomic mass is 31.1. The molecule has 0 aliphatic heterocycles. The van der Waals surface area contributed by atoms with Gasteiger partial charge in [-0.15, -0.1) is 0 Å². The molecule has 0 fully saturated rings. The van der Waals surface area contributed by atoms with Gasteiger partial charge in [0, 0.05) is 18.0 Å². The second kappa shape index (κ2) is 7.44. The average Bonchev–Trinajstić information content (AvgIpc) is 2.63. The van der Waals surface area contributed by atoms with Crippen molar-refractivity contribution in [2.24, 2.45) is 0 Å². The molecule has 0 atom stereocenters. The minimum atomic E-state index is -0.557. The summed E-state index contributed by atoms with van der Waals surface area (Å²) in [6, 6.07) is 28.4. The summed E-state index contributed by atoms with van der Waals surface area (Å²) in [6.07, 6.45) is 1.04. The van der Waals surface area contributed by atoms with Crippen LogP contribution in [0.3, 0.4) is 0 Å². The Hall–Kier alpha value is -2.11. The lowest BCUT2D eigenvalue weighted by molar-refractivity contribution is 1.14. The zero-order valence-corrected chi connectivity index (χ0v) is 14.6. The van der Waals surface area contributed by atoms with Crippen LogP contribution < -0.4 is 21.2 Å². The number of anilines is 1. The first-order valence-electron chi connectivity index (χ1n) is 8.05. The molecule has 0 spiro atoms. The lowest BCUT2D eigenvalue weighted by Gasteiger charge is -2.23. The molecular formula is C21H22NP. The van der Waals surface area contributed by atoms with Crippen LogP contribution in [0.15, 0.2) is 78.9 Å². The Morgan fingerprint density at radius 2 is 1.30 bits per heavy atom. The highest BCUT2D eigenvalue weighted by Crippen LogP contribution is 2.36. The van der Waals surface area contributed by atoms with Gasteiger partial charge in [-0.25, -0.2) is 0 Å². The maximum absolute atomic E-state index is 3.45. The number of hydrogen-bond acceptors (Lipinski definition) is 1. The fourth-order valence-electron chi connectivity index (χ4n) is 2.94. The predicted molar refractivity (Wildman–Crippen MR) is 104 cm³/mol. The largest absolute Gasteiger partial charge is 0.387 e. The molecule has 3 aromatic rings. The first kappa shape index (κ1) is 15.8. The molecule has 0 aliphatic rings. The second-order valence-corrected chi connectivity index (χ2v) is 7.61. The van der Waals surface area contributed by atoms with E-state index in [9.17, 15) is 0 Å². The Kier molecular flexibility index (Phi) is 5.10. The van der Waals surface area contributed by atoms with Crippen molar-refractivity contribution in [1.29, 1.82) is 0 Å². The fourth-order valence-corrected chi connectivity index (χ4v) is 5.45. The molecule has 0 amide bonds. The summed E-state index contributed by atoms with van der Waals surface area (Å²) in [5, 5.41) is 7.63. The number of hydrogen-bond donors (Lipinski definition) is 1. The summed E-state index contributed by atoms with van der Waals surface area (Å²) >= 11 is 0. The van der Waals surface area contributed by atoms with E-state index in [1.165, 1.54) is 27.2 Å². The van der Waals surface area contributed by atoms with Crippen LogP contribution >= 0.6 is 7.92 Å². The van der Waals surface area contributed by atoms with Gasteiger partial charge in [-0.2, -0.15) is 0 Å². The topological polar surface area (TPSA) is 12.0 Å². The van der Waals surface area contributed by atoms with E-state index in [0.717, 1.165) is 6.42 Å². The molecule has 0 aromatic heterocycles. The first-order valence-corrected chi connectivity index (χ1v) is 9.39. The second-order valence-electron chi connectivity index (χ2n) is 5.42. The Bertz CT molecular complexity index is 714. The van der Waals surface area contributed by atoms with Crippen molar-refractivity contribution in [1.82, 2.24) is 0 Å². The maximum Gasteiger partial charge on any atom is 0.0454 e. The molecule has 0 aliphatic carbocycles. The van der Waals surface area contributed by atoms with E-state index in [2.05, 4.69) is 91.1 Å². The van der Waals surface area contributed by atoms with Crippen LogP contribution in [0.4, 0.5) is 5.69 Å². The molecule has 0 bridgehead atoms. The van der Waals surface area contributed by atoms with Crippen LogP contribution in [0, 0.1) is 0 Å². The van der Waals surface area contributed by atoms with E-state index in [4.69, 9.17) is 0 Å². The highest BCUT2D eigenvalue weighted by molar-refractivity contribution is 7.80. The van der Waals surface area contributed by atoms with Crippen LogP contribution in [0.1, 0.15) is 12.5 Å². The monoisotopic (exact) mass is 319 g/mol. The Balaban J connectivity index is 2.21. The van der Waals surface area contributed by atoms with Crippen LogP contribution in [0.25, 0.3) is 0 Å². The summed E-state index contributed by atoms with van der Waals surface area (Å²) in [5.74, 6) is 0. The van der Waals surface area contributed by atoms with Gasteiger partial charge in [0.05, 0.1) is 0 Å². The van der Waals surface area contributed by atoms with Crippen molar-refractivity contribution >= 4 is 29.5 Å². The van der Waals surface area contributed by atoms with Crippen molar-refractivity contribution in [3.63, 3.8) is 0 Å². The van der Waals surface area contributed by atoms with Crippen LogP contribution in [0.5, 0.6) is 0 Å². The standard InChI is InChI=1S/C21H22NP/c1-3-17-11-10-16-20(21(17)22-2)23(18-12-6-4-7-13-18)19-14-8-5-9-15-19/h4-16,22H,3H2,1-2H3. The van der Waals surface area contributed by atoms with Crippen molar-refractivity contribution in [3.8, 4) is 0 Å². The molecular weight excluding hydrogens is 297 g/mol. The minimum absolute atomic E-state index is 0.557. The summed E-state index contributed by atoms with van der Waals surface area (Å²) in [6.45, 7) is 2.22. The summed E-state index contributed by atoms with van der Waals surface area (Å²) in [4.78, 5) is 0. The van der Waals surface area contributed by atoms with Crippen LogP contribution in [-0.2, 0) is 6.42 Å². The zero-order valence-electron chi connectivity index (χ0n) is 13.7. The number of benzene rings is 3. The van der Waals surface area contributed by atoms with E-state index in [0.29, 0.717) is 0 Å². The summed E-state index contributed by atoms with van der Waals surface area (Å²) in [7, 11) is 1.47. The van der Waals surface area contributed by atoms with Gasteiger partial charge in [-0.3, -0.25) is 0 Å². The fraction of sp³-hybridized carbons (Fsp3) is 0.143. The molecule has 0 saturated heterocycles. The SMILES string of the molecule is CCc1cccc(P(c2ccccc2)c2ccccc2)c1NC. The quantitative estimate of drug-likeness (QED) is 0.700. The Morgan fingerprint density at radius 3 is 1.78 bits per heavy atom. The van der Waals surface area contributed by atoms with Crippen molar-refractivity contribution in [2.75, 3.05) is 12.4 Å². The van der Waals surface area contributed by atoms with Gasteiger partial charge in [0.15, 0.2) is 0 Å². The van der Waals surface area contributed by atoms with Gasteiger partial charge in [0.25, 0.3) is 0 Å². The third-order valence-electron chi connectivity index (χ3n) is 4.03. The minimum Gasteiger partial charge on any atom is -0.387 e. The van der Waals surface area contributed by atoms with E-state index in [1.54, 1.807) is 0 Å². The predicted octanol–water partition coefficient (Wildman–Crippen LogP) is 4.05. The van der Waals surface area contributed by atoms with Gasteiger partial charge >= 0.3 is 0 Å². The molecule has 23 heavy (non-hydrogen) atoms. The molecule has 2 heteroatoms. The number of aryl methyl sites for hydroxylation is 1. The molecule has 0 radical (unpaired) electrons. The normalized spacial score (nSPS) is 10.7. The molecule has 0 saturated carbocycles.